The first kappa shape index (κ1) is 9.67. The molecule has 1 aromatic rings. The van der Waals surface area contributed by atoms with E-state index < -0.39 is 11.4 Å². The standard InChI is InChI=1S/C11H11ClO2S/c12-8-6-2-1-3-7(6)15-9(8)11(4-5-11)10(13)14/h1-5H2,(H,13,14). The first-order chi connectivity index (χ1) is 7.15. The summed E-state index contributed by atoms with van der Waals surface area (Å²) in [7, 11) is 0. The number of aliphatic carboxylic acids is 1. The third-order valence-electron chi connectivity index (χ3n) is 3.45. The van der Waals surface area contributed by atoms with Crippen molar-refractivity contribution in [1.29, 1.82) is 0 Å². The molecule has 0 amide bonds. The minimum Gasteiger partial charge on any atom is -0.481 e. The smallest absolute Gasteiger partial charge is 0.315 e. The normalized spacial score (nSPS) is 21.4. The Morgan fingerprint density at radius 2 is 2.13 bits per heavy atom. The first-order valence-electron chi connectivity index (χ1n) is 5.19. The van der Waals surface area contributed by atoms with Crippen molar-refractivity contribution in [2.75, 3.05) is 0 Å². The number of hydrogen-bond donors (Lipinski definition) is 1. The first-order valence-corrected chi connectivity index (χ1v) is 6.38. The molecular formula is C11H11ClO2S. The Morgan fingerprint density at radius 3 is 2.67 bits per heavy atom. The Labute approximate surface area is 96.9 Å². The second-order valence-corrected chi connectivity index (χ2v) is 5.87. The topological polar surface area (TPSA) is 37.3 Å². The van der Waals surface area contributed by atoms with Crippen molar-refractivity contribution in [2.45, 2.75) is 37.5 Å². The maximum atomic E-state index is 11.2. The zero-order valence-corrected chi connectivity index (χ0v) is 9.75. The molecule has 3 rings (SSSR count). The fourth-order valence-electron chi connectivity index (χ4n) is 2.34. The van der Waals surface area contributed by atoms with E-state index in [-0.39, 0.29) is 0 Å². The monoisotopic (exact) mass is 242 g/mol. The highest BCUT2D eigenvalue weighted by Crippen LogP contribution is 2.55. The van der Waals surface area contributed by atoms with Crippen molar-refractivity contribution in [3.05, 3.63) is 20.3 Å². The van der Waals surface area contributed by atoms with Gasteiger partial charge < -0.3 is 5.11 Å². The van der Waals surface area contributed by atoms with Gasteiger partial charge in [-0.05, 0) is 37.7 Å². The Morgan fingerprint density at radius 1 is 1.40 bits per heavy atom. The lowest BCUT2D eigenvalue weighted by atomic mass is 10.0. The number of thiophene rings is 1. The van der Waals surface area contributed by atoms with Crippen molar-refractivity contribution >= 4 is 28.9 Å². The summed E-state index contributed by atoms with van der Waals surface area (Å²) in [6, 6.07) is 0. The van der Waals surface area contributed by atoms with E-state index in [4.69, 9.17) is 11.6 Å². The summed E-state index contributed by atoms with van der Waals surface area (Å²) in [6.07, 6.45) is 4.78. The number of carboxylic acid groups (broad SMARTS) is 1. The van der Waals surface area contributed by atoms with Gasteiger partial charge in [-0.1, -0.05) is 11.6 Å². The van der Waals surface area contributed by atoms with Crippen LogP contribution in [0.2, 0.25) is 5.02 Å². The SMILES string of the molecule is O=C(O)C1(c2sc3c(c2Cl)CCC3)CC1. The molecule has 0 aliphatic heterocycles. The highest BCUT2D eigenvalue weighted by atomic mass is 35.5. The van der Waals surface area contributed by atoms with Crippen LogP contribution in [0.3, 0.4) is 0 Å². The molecule has 0 aromatic carbocycles. The van der Waals surface area contributed by atoms with Gasteiger partial charge in [-0.25, -0.2) is 0 Å². The molecular weight excluding hydrogens is 232 g/mol. The highest BCUT2D eigenvalue weighted by Gasteiger charge is 2.54. The Kier molecular flexibility index (Phi) is 1.92. The van der Waals surface area contributed by atoms with Gasteiger partial charge in [0.1, 0.15) is 5.41 Å². The molecule has 2 nitrogen and oxygen atoms in total. The summed E-state index contributed by atoms with van der Waals surface area (Å²) >= 11 is 7.92. The van der Waals surface area contributed by atoms with E-state index in [0.717, 1.165) is 35.6 Å². The van der Waals surface area contributed by atoms with Gasteiger partial charge in [-0.3, -0.25) is 4.79 Å². The number of carbonyl (C=O) groups is 1. The van der Waals surface area contributed by atoms with Crippen molar-refractivity contribution in [3.63, 3.8) is 0 Å². The zero-order valence-electron chi connectivity index (χ0n) is 8.18. The van der Waals surface area contributed by atoms with Crippen LogP contribution in [0, 0.1) is 0 Å². The number of rotatable bonds is 2. The third kappa shape index (κ3) is 1.20. The summed E-state index contributed by atoms with van der Waals surface area (Å²) < 4.78 is 0. The summed E-state index contributed by atoms with van der Waals surface area (Å²) in [6.45, 7) is 0. The molecule has 0 unspecified atom stereocenters. The quantitative estimate of drug-likeness (QED) is 0.866. The van der Waals surface area contributed by atoms with Gasteiger partial charge in [-0.2, -0.15) is 0 Å². The van der Waals surface area contributed by atoms with Crippen LogP contribution >= 0.6 is 22.9 Å². The molecule has 0 atom stereocenters. The number of fused-ring (bicyclic) bond motifs is 1. The molecule has 0 radical (unpaired) electrons. The van der Waals surface area contributed by atoms with Crippen molar-refractivity contribution < 1.29 is 9.90 Å². The summed E-state index contributed by atoms with van der Waals surface area (Å²) in [4.78, 5) is 13.5. The van der Waals surface area contributed by atoms with Crippen LogP contribution in [0.25, 0.3) is 0 Å². The van der Waals surface area contributed by atoms with Crippen LogP contribution in [0.4, 0.5) is 0 Å². The van der Waals surface area contributed by atoms with E-state index in [1.54, 1.807) is 11.3 Å². The molecule has 4 heteroatoms. The van der Waals surface area contributed by atoms with Crippen LogP contribution in [0.15, 0.2) is 0 Å². The third-order valence-corrected chi connectivity index (χ3v) is 5.48. The average Bonchev–Trinajstić information content (AvgIpc) is 2.77. The van der Waals surface area contributed by atoms with Gasteiger partial charge in [-0.15, -0.1) is 11.3 Å². The largest absolute Gasteiger partial charge is 0.481 e. The molecule has 1 fully saturated rings. The number of carboxylic acids is 1. The van der Waals surface area contributed by atoms with Crippen molar-refractivity contribution in [2.24, 2.45) is 0 Å². The maximum Gasteiger partial charge on any atom is 0.315 e. The predicted molar refractivity (Wildman–Crippen MR) is 59.9 cm³/mol. The number of aryl methyl sites for hydroxylation is 1. The molecule has 2 aliphatic rings. The minimum atomic E-state index is -0.704. The second-order valence-electron chi connectivity index (χ2n) is 4.39. The maximum absolute atomic E-state index is 11.2. The van der Waals surface area contributed by atoms with Gasteiger partial charge in [0.15, 0.2) is 0 Å². The zero-order chi connectivity index (χ0) is 10.6. The van der Waals surface area contributed by atoms with E-state index in [9.17, 15) is 9.90 Å². The lowest BCUT2D eigenvalue weighted by molar-refractivity contribution is -0.139. The van der Waals surface area contributed by atoms with Crippen LogP contribution in [0.1, 0.15) is 34.6 Å². The van der Waals surface area contributed by atoms with Crippen LogP contribution in [-0.4, -0.2) is 11.1 Å². The molecule has 0 bridgehead atoms. The van der Waals surface area contributed by atoms with E-state index in [1.165, 1.54) is 16.9 Å². The van der Waals surface area contributed by atoms with E-state index in [1.807, 2.05) is 0 Å². The molecule has 0 saturated heterocycles. The van der Waals surface area contributed by atoms with Crippen LogP contribution < -0.4 is 0 Å². The molecule has 2 aliphatic carbocycles. The summed E-state index contributed by atoms with van der Waals surface area (Å²) in [5, 5.41) is 9.98. The van der Waals surface area contributed by atoms with Gasteiger partial charge in [0, 0.05) is 9.75 Å². The van der Waals surface area contributed by atoms with E-state index in [0.29, 0.717) is 0 Å². The van der Waals surface area contributed by atoms with Gasteiger partial charge in [0.25, 0.3) is 0 Å². The van der Waals surface area contributed by atoms with Crippen LogP contribution in [0.5, 0.6) is 0 Å². The lowest BCUT2D eigenvalue weighted by Crippen LogP contribution is -2.18. The summed E-state index contributed by atoms with van der Waals surface area (Å²) in [5.41, 5.74) is 0.607. The molecule has 1 aromatic heterocycles. The van der Waals surface area contributed by atoms with Gasteiger partial charge in [0.05, 0.1) is 5.02 Å². The Balaban J connectivity index is 2.10. The van der Waals surface area contributed by atoms with E-state index >= 15 is 0 Å². The van der Waals surface area contributed by atoms with Gasteiger partial charge >= 0.3 is 5.97 Å². The molecule has 0 spiro atoms. The van der Waals surface area contributed by atoms with Crippen LogP contribution in [-0.2, 0) is 23.1 Å². The van der Waals surface area contributed by atoms with E-state index in [2.05, 4.69) is 0 Å². The fourth-order valence-corrected chi connectivity index (χ4v) is 4.42. The molecule has 1 N–H and O–H groups in total. The highest BCUT2D eigenvalue weighted by molar-refractivity contribution is 7.13. The lowest BCUT2D eigenvalue weighted by Gasteiger charge is -2.07. The minimum absolute atomic E-state index is 0.619. The molecule has 1 saturated carbocycles. The average molecular weight is 243 g/mol. The Bertz CT molecular complexity index is 446. The summed E-state index contributed by atoms with van der Waals surface area (Å²) in [5.74, 6) is -0.704. The molecule has 80 valence electrons. The Hall–Kier alpha value is -0.540. The second kappa shape index (κ2) is 2.98. The van der Waals surface area contributed by atoms with Crippen molar-refractivity contribution in [3.8, 4) is 0 Å². The fraction of sp³-hybridized carbons (Fsp3) is 0.545. The number of hydrogen-bond acceptors (Lipinski definition) is 2. The van der Waals surface area contributed by atoms with Gasteiger partial charge in [0.2, 0.25) is 0 Å². The number of halogens is 1. The van der Waals surface area contributed by atoms with Crippen molar-refractivity contribution in [1.82, 2.24) is 0 Å². The molecule has 15 heavy (non-hydrogen) atoms. The predicted octanol–water partition coefficient (Wildman–Crippen LogP) is 3.01. The molecule has 1 heterocycles.